The van der Waals surface area contributed by atoms with E-state index in [1.165, 1.54) is 0 Å². The zero-order valence-electron chi connectivity index (χ0n) is 9.96. The molecule has 0 radical (unpaired) electrons. The van der Waals surface area contributed by atoms with Crippen molar-refractivity contribution in [3.05, 3.63) is 30.1 Å². The van der Waals surface area contributed by atoms with Crippen molar-refractivity contribution in [2.24, 2.45) is 0 Å². The van der Waals surface area contributed by atoms with Crippen LogP contribution in [-0.4, -0.2) is 38.1 Å². The fourth-order valence-electron chi connectivity index (χ4n) is 1.99. The molecule has 6 heteroatoms. The number of rotatable bonds is 3. The van der Waals surface area contributed by atoms with Gasteiger partial charge in [-0.05, 0) is 6.92 Å². The van der Waals surface area contributed by atoms with Crippen LogP contribution in [0.2, 0.25) is 0 Å². The molecule has 0 aliphatic carbocycles. The van der Waals surface area contributed by atoms with Crippen molar-refractivity contribution in [3.63, 3.8) is 0 Å². The molecule has 0 unspecified atom stereocenters. The molecule has 2 aromatic heterocycles. The third kappa shape index (κ3) is 1.58. The maximum atomic E-state index is 8.91. The highest BCUT2D eigenvalue weighted by molar-refractivity contribution is 5.99. The molecule has 0 aliphatic heterocycles. The molecule has 0 bridgehead atoms. The average molecular weight is 243 g/mol. The number of hydrogen-bond acceptors (Lipinski definition) is 5. The summed E-state index contributed by atoms with van der Waals surface area (Å²) in [7, 11) is 0. The van der Waals surface area contributed by atoms with Gasteiger partial charge in [-0.3, -0.25) is 0 Å². The Labute approximate surface area is 103 Å². The first-order valence-corrected chi connectivity index (χ1v) is 5.77. The van der Waals surface area contributed by atoms with Crippen LogP contribution in [0.1, 0.15) is 5.82 Å². The molecule has 0 fully saturated rings. The third-order valence-corrected chi connectivity index (χ3v) is 2.82. The van der Waals surface area contributed by atoms with Crippen LogP contribution in [0.25, 0.3) is 16.4 Å². The molecule has 0 spiro atoms. The number of nitrogens with zero attached hydrogens (tertiary/aromatic N) is 4. The first-order valence-electron chi connectivity index (χ1n) is 5.77. The summed E-state index contributed by atoms with van der Waals surface area (Å²) in [5.74, 6) is 1.47. The molecule has 92 valence electrons. The van der Waals surface area contributed by atoms with Gasteiger partial charge >= 0.3 is 0 Å². The van der Waals surface area contributed by atoms with Gasteiger partial charge in [0, 0.05) is 17.3 Å². The Hall–Kier alpha value is -2.21. The molecule has 2 N–H and O–H groups in total. The van der Waals surface area contributed by atoms with Gasteiger partial charge in [-0.2, -0.15) is 4.52 Å². The Bertz CT molecular complexity index is 706. The molecule has 0 amide bonds. The summed E-state index contributed by atoms with van der Waals surface area (Å²) in [5, 5.41) is 26.6. The van der Waals surface area contributed by atoms with E-state index in [1.54, 1.807) is 4.52 Å². The van der Waals surface area contributed by atoms with Crippen molar-refractivity contribution >= 4 is 22.2 Å². The summed E-state index contributed by atoms with van der Waals surface area (Å²) in [6.07, 6.45) is 0. The number of aliphatic hydroxyl groups is 1. The average Bonchev–Trinajstić information content (AvgIpc) is 2.78. The van der Waals surface area contributed by atoms with Crippen LogP contribution >= 0.6 is 0 Å². The molecule has 0 saturated carbocycles. The standard InChI is InChI=1S/C12H13N5O/c1-8-14-15-12-10-5-3-2-4-9(10)11(13-6-7-18)16-17(8)12/h2-5,18H,6-7H2,1H3,(H,13,16). The molecule has 0 aliphatic rings. The maximum Gasteiger partial charge on any atom is 0.185 e. The molecule has 3 rings (SSSR count). The Kier molecular flexibility index (Phi) is 2.56. The lowest BCUT2D eigenvalue weighted by Gasteiger charge is -2.08. The Morgan fingerprint density at radius 3 is 2.78 bits per heavy atom. The van der Waals surface area contributed by atoms with E-state index in [0.717, 1.165) is 28.1 Å². The lowest BCUT2D eigenvalue weighted by atomic mass is 10.2. The van der Waals surface area contributed by atoms with E-state index >= 15 is 0 Å². The summed E-state index contributed by atoms with van der Waals surface area (Å²) in [5.41, 5.74) is 0.748. The van der Waals surface area contributed by atoms with Crippen molar-refractivity contribution < 1.29 is 5.11 Å². The molecular weight excluding hydrogens is 230 g/mol. The van der Waals surface area contributed by atoms with Crippen LogP contribution in [0.4, 0.5) is 5.82 Å². The summed E-state index contributed by atoms with van der Waals surface area (Å²) in [4.78, 5) is 0. The van der Waals surface area contributed by atoms with Gasteiger partial charge < -0.3 is 10.4 Å². The molecule has 3 aromatic rings. The Balaban J connectivity index is 2.33. The molecular formula is C12H13N5O. The first kappa shape index (κ1) is 10.9. The summed E-state index contributed by atoms with van der Waals surface area (Å²) >= 11 is 0. The smallest absolute Gasteiger partial charge is 0.185 e. The second-order valence-corrected chi connectivity index (χ2v) is 4.03. The second kappa shape index (κ2) is 4.23. The van der Waals surface area contributed by atoms with E-state index in [-0.39, 0.29) is 6.61 Å². The zero-order chi connectivity index (χ0) is 12.5. The molecule has 2 heterocycles. The van der Waals surface area contributed by atoms with Gasteiger partial charge in [0.25, 0.3) is 0 Å². The van der Waals surface area contributed by atoms with E-state index in [1.807, 2.05) is 31.2 Å². The molecule has 0 saturated heterocycles. The van der Waals surface area contributed by atoms with E-state index in [4.69, 9.17) is 5.11 Å². The van der Waals surface area contributed by atoms with Crippen molar-refractivity contribution in [2.45, 2.75) is 6.92 Å². The van der Waals surface area contributed by atoms with Gasteiger partial charge in [0.2, 0.25) is 0 Å². The predicted octanol–water partition coefficient (Wildman–Crippen LogP) is 0.990. The summed E-state index contributed by atoms with van der Waals surface area (Å²) in [6, 6.07) is 7.88. The van der Waals surface area contributed by atoms with Gasteiger partial charge in [-0.25, -0.2) is 0 Å². The first-order chi connectivity index (χ1) is 8.81. The second-order valence-electron chi connectivity index (χ2n) is 4.03. The van der Waals surface area contributed by atoms with Crippen LogP contribution in [0.3, 0.4) is 0 Å². The van der Waals surface area contributed by atoms with Gasteiger partial charge in [0.1, 0.15) is 0 Å². The van der Waals surface area contributed by atoms with Crippen LogP contribution < -0.4 is 5.32 Å². The number of fused-ring (bicyclic) bond motifs is 3. The lowest BCUT2D eigenvalue weighted by molar-refractivity contribution is 0.311. The number of aromatic nitrogens is 4. The highest BCUT2D eigenvalue weighted by Gasteiger charge is 2.11. The number of aliphatic hydroxyl groups excluding tert-OH is 1. The van der Waals surface area contributed by atoms with Crippen molar-refractivity contribution in [2.75, 3.05) is 18.5 Å². The highest BCUT2D eigenvalue weighted by atomic mass is 16.3. The Morgan fingerprint density at radius 2 is 2.00 bits per heavy atom. The van der Waals surface area contributed by atoms with Gasteiger partial charge in [-0.1, -0.05) is 24.3 Å². The van der Waals surface area contributed by atoms with Crippen molar-refractivity contribution in [1.29, 1.82) is 0 Å². The topological polar surface area (TPSA) is 75.3 Å². The monoisotopic (exact) mass is 243 g/mol. The largest absolute Gasteiger partial charge is 0.395 e. The number of hydrogen-bond donors (Lipinski definition) is 2. The SMILES string of the molecule is Cc1nnc2c3ccccc3c(NCCO)nn12. The molecule has 18 heavy (non-hydrogen) atoms. The minimum absolute atomic E-state index is 0.0647. The van der Waals surface area contributed by atoms with Crippen LogP contribution in [0, 0.1) is 6.92 Å². The number of benzene rings is 1. The van der Waals surface area contributed by atoms with E-state index in [9.17, 15) is 0 Å². The van der Waals surface area contributed by atoms with E-state index in [2.05, 4.69) is 20.6 Å². The summed E-state index contributed by atoms with van der Waals surface area (Å²) < 4.78 is 1.71. The van der Waals surface area contributed by atoms with Crippen LogP contribution in [-0.2, 0) is 0 Å². The fourth-order valence-corrected chi connectivity index (χ4v) is 1.99. The molecule has 0 atom stereocenters. The predicted molar refractivity (Wildman–Crippen MR) is 68.6 cm³/mol. The minimum Gasteiger partial charge on any atom is -0.395 e. The number of anilines is 1. The minimum atomic E-state index is 0.0647. The normalized spacial score (nSPS) is 11.2. The lowest BCUT2D eigenvalue weighted by Crippen LogP contribution is -2.10. The van der Waals surface area contributed by atoms with Crippen molar-refractivity contribution in [3.8, 4) is 0 Å². The fraction of sp³-hybridized carbons (Fsp3) is 0.250. The van der Waals surface area contributed by atoms with Gasteiger partial charge in [0.15, 0.2) is 17.3 Å². The molecule has 6 nitrogen and oxygen atoms in total. The van der Waals surface area contributed by atoms with Crippen LogP contribution in [0.15, 0.2) is 24.3 Å². The number of nitrogens with one attached hydrogen (secondary N) is 1. The van der Waals surface area contributed by atoms with E-state index < -0.39 is 0 Å². The maximum absolute atomic E-state index is 8.91. The zero-order valence-corrected chi connectivity index (χ0v) is 9.96. The van der Waals surface area contributed by atoms with Gasteiger partial charge in [-0.15, -0.1) is 15.3 Å². The quantitative estimate of drug-likeness (QED) is 0.717. The van der Waals surface area contributed by atoms with Crippen molar-refractivity contribution in [1.82, 2.24) is 19.8 Å². The Morgan fingerprint density at radius 1 is 1.22 bits per heavy atom. The molecule has 1 aromatic carbocycles. The van der Waals surface area contributed by atoms with E-state index in [0.29, 0.717) is 6.54 Å². The highest BCUT2D eigenvalue weighted by Crippen LogP contribution is 2.24. The summed E-state index contributed by atoms with van der Waals surface area (Å²) in [6.45, 7) is 2.39. The van der Waals surface area contributed by atoms with Crippen LogP contribution in [0.5, 0.6) is 0 Å². The third-order valence-electron chi connectivity index (χ3n) is 2.82. The van der Waals surface area contributed by atoms with Gasteiger partial charge in [0.05, 0.1) is 6.61 Å². The number of aryl methyl sites for hydroxylation is 1.